The summed E-state index contributed by atoms with van der Waals surface area (Å²) in [7, 11) is 1.50. The van der Waals surface area contributed by atoms with E-state index >= 15 is 8.78 Å². The van der Waals surface area contributed by atoms with Crippen molar-refractivity contribution in [2.24, 2.45) is 29.1 Å². The number of Topliss-reactive ketones (excluding diaryl/α,β-unsaturated/α-hetero) is 1. The molecule has 0 spiro atoms. The van der Waals surface area contributed by atoms with Crippen LogP contribution < -0.4 is 14.8 Å². The monoisotopic (exact) mass is 656 g/mol. The molecule has 2 aliphatic heterocycles. The van der Waals surface area contributed by atoms with Gasteiger partial charge in [0, 0.05) is 17.9 Å². The molecule has 3 fully saturated rings. The third-order valence-electron chi connectivity index (χ3n) is 11.0. The number of alkyl carbamates (subject to hydrolysis) is 1. The van der Waals surface area contributed by atoms with Gasteiger partial charge in [-0.25, -0.2) is 14.8 Å². The SMILES string of the molecule is COc1ccc2nc3c(nc2c1)O[C@H]1CN(C(=O)[C@H](C(C)(C)C)NC(=O)O[C@]2(C)CCC[C@H]2CCC2CC2C3(F)F)[C@H](C(C)=O)[C@@H]1C. The van der Waals surface area contributed by atoms with Gasteiger partial charge in [-0.1, -0.05) is 27.7 Å². The molecule has 12 heteroatoms. The van der Waals surface area contributed by atoms with Crippen LogP contribution in [0.25, 0.3) is 11.0 Å². The Morgan fingerprint density at radius 2 is 1.87 bits per heavy atom. The minimum absolute atomic E-state index is 0.00223. The van der Waals surface area contributed by atoms with Crippen molar-refractivity contribution in [2.75, 3.05) is 13.7 Å². The summed E-state index contributed by atoms with van der Waals surface area (Å²) >= 11 is 0. The lowest BCUT2D eigenvalue weighted by atomic mass is 9.85. The fraction of sp³-hybridized carbons (Fsp3) is 0.686. The third-order valence-corrected chi connectivity index (χ3v) is 11.0. The molecule has 256 valence electrons. The van der Waals surface area contributed by atoms with Gasteiger partial charge in [0.1, 0.15) is 23.5 Å². The molecule has 2 aliphatic carbocycles. The Bertz CT molecular complexity index is 1580. The smallest absolute Gasteiger partial charge is 0.408 e. The Morgan fingerprint density at radius 3 is 2.55 bits per heavy atom. The Balaban J connectivity index is 1.45. The average Bonchev–Trinajstić information content (AvgIpc) is 3.60. The molecule has 2 unspecified atom stereocenters. The molecule has 4 aliphatic rings. The second-order valence-electron chi connectivity index (χ2n) is 15.3. The van der Waals surface area contributed by atoms with Crippen molar-refractivity contribution in [3.05, 3.63) is 23.9 Å². The maximum absolute atomic E-state index is 16.5. The van der Waals surface area contributed by atoms with E-state index in [0.29, 0.717) is 36.9 Å². The van der Waals surface area contributed by atoms with Crippen LogP contribution >= 0.6 is 0 Å². The van der Waals surface area contributed by atoms with Gasteiger partial charge in [-0.3, -0.25) is 9.59 Å². The minimum atomic E-state index is -3.34. The number of halogens is 2. The average molecular weight is 657 g/mol. The predicted octanol–water partition coefficient (Wildman–Crippen LogP) is 6.04. The van der Waals surface area contributed by atoms with Gasteiger partial charge < -0.3 is 24.4 Å². The minimum Gasteiger partial charge on any atom is -0.497 e. The van der Waals surface area contributed by atoms with Crippen LogP contribution in [0.15, 0.2) is 18.2 Å². The zero-order valence-electron chi connectivity index (χ0n) is 28.3. The summed E-state index contributed by atoms with van der Waals surface area (Å²) in [4.78, 5) is 51.2. The van der Waals surface area contributed by atoms with Crippen LogP contribution in [0.1, 0.15) is 85.8 Å². The molecule has 1 N–H and O–H groups in total. The van der Waals surface area contributed by atoms with Crippen LogP contribution in [0.5, 0.6) is 11.6 Å². The van der Waals surface area contributed by atoms with Crippen LogP contribution in [0, 0.1) is 29.1 Å². The quantitative estimate of drug-likeness (QED) is 0.416. The highest BCUT2D eigenvalue weighted by molar-refractivity contribution is 5.92. The fourth-order valence-corrected chi connectivity index (χ4v) is 8.08. The molecule has 2 amide bonds. The van der Waals surface area contributed by atoms with Gasteiger partial charge in [0.15, 0.2) is 11.5 Å². The van der Waals surface area contributed by atoms with E-state index in [0.717, 1.165) is 12.8 Å². The van der Waals surface area contributed by atoms with Crippen LogP contribution in [0.3, 0.4) is 0 Å². The number of hydrogen-bond donors (Lipinski definition) is 1. The first-order valence-electron chi connectivity index (χ1n) is 16.7. The van der Waals surface area contributed by atoms with Crippen LogP contribution in [0.4, 0.5) is 13.6 Å². The number of fused-ring (bicyclic) bond motifs is 6. The molecule has 3 heterocycles. The van der Waals surface area contributed by atoms with E-state index in [4.69, 9.17) is 14.2 Å². The van der Waals surface area contributed by atoms with Crippen molar-refractivity contribution in [2.45, 2.75) is 110 Å². The van der Waals surface area contributed by atoms with E-state index in [-0.39, 0.29) is 35.6 Å². The van der Waals surface area contributed by atoms with E-state index in [1.165, 1.54) is 18.9 Å². The van der Waals surface area contributed by atoms with E-state index in [9.17, 15) is 14.4 Å². The summed E-state index contributed by atoms with van der Waals surface area (Å²) in [5.41, 5.74) is -1.45. The van der Waals surface area contributed by atoms with Crippen LogP contribution in [-0.2, 0) is 20.2 Å². The zero-order chi connectivity index (χ0) is 34.1. The largest absolute Gasteiger partial charge is 0.497 e. The van der Waals surface area contributed by atoms with Gasteiger partial charge in [0.25, 0.3) is 5.92 Å². The molecule has 47 heavy (non-hydrogen) atoms. The van der Waals surface area contributed by atoms with Crippen molar-refractivity contribution in [3.8, 4) is 11.6 Å². The third kappa shape index (κ3) is 6.12. The number of ether oxygens (including phenoxy) is 3. The standard InChI is InChI=1S/C35H46F2N4O6/c1-18-26-17-41(27(18)19(2)42)31(43)29(33(3,4)5)40-32(44)47-34(6)14-8-9-21(34)11-10-20-15-23(20)35(36,37)28-30(46-26)39-25-16-22(45-7)12-13-24(25)38-28/h12-13,16,18,20-21,23,26-27,29H,8-11,14-15,17H2,1-7H3,(H,40,44)/t18-,20?,21+,23?,26+,27+,29-,34-/m1/s1. The van der Waals surface area contributed by atoms with E-state index in [1.807, 2.05) is 27.7 Å². The molecule has 8 atom stereocenters. The maximum Gasteiger partial charge on any atom is 0.408 e. The number of nitrogens with zero attached hydrogens (tertiary/aromatic N) is 3. The number of benzene rings is 1. The summed E-state index contributed by atoms with van der Waals surface area (Å²) in [6.07, 6.45) is 2.33. The Kier molecular flexibility index (Phi) is 8.40. The number of hydrogen-bond acceptors (Lipinski definition) is 8. The molecule has 1 aromatic carbocycles. The van der Waals surface area contributed by atoms with Crippen molar-refractivity contribution in [3.63, 3.8) is 0 Å². The summed E-state index contributed by atoms with van der Waals surface area (Å²) in [5.74, 6) is -5.64. The Labute approximate surface area is 274 Å². The number of methoxy groups -OCH3 is 1. The number of ketones is 1. The number of carbonyl (C=O) groups is 3. The van der Waals surface area contributed by atoms with Gasteiger partial charge in [0.2, 0.25) is 11.8 Å². The second kappa shape index (κ2) is 11.8. The van der Waals surface area contributed by atoms with Crippen LogP contribution in [0.2, 0.25) is 0 Å². The predicted molar refractivity (Wildman–Crippen MR) is 169 cm³/mol. The number of rotatable bonds is 2. The molecule has 1 aromatic heterocycles. The van der Waals surface area contributed by atoms with Crippen LogP contribution in [-0.4, -0.2) is 70.1 Å². The first-order valence-corrected chi connectivity index (χ1v) is 16.7. The molecule has 2 saturated carbocycles. The number of nitrogens with one attached hydrogen (secondary N) is 1. The van der Waals surface area contributed by atoms with Gasteiger partial charge in [-0.05, 0) is 81.8 Å². The number of amides is 2. The van der Waals surface area contributed by atoms with Crippen molar-refractivity contribution < 1.29 is 37.4 Å². The molecular weight excluding hydrogens is 610 g/mol. The molecule has 2 bridgehead atoms. The van der Waals surface area contributed by atoms with E-state index < -0.39 is 64.7 Å². The highest BCUT2D eigenvalue weighted by Gasteiger charge is 2.59. The van der Waals surface area contributed by atoms with Crippen molar-refractivity contribution in [1.82, 2.24) is 20.2 Å². The summed E-state index contributed by atoms with van der Waals surface area (Å²) in [6.45, 7) is 10.5. The fourth-order valence-electron chi connectivity index (χ4n) is 8.08. The number of aromatic nitrogens is 2. The summed E-state index contributed by atoms with van der Waals surface area (Å²) < 4.78 is 50.7. The van der Waals surface area contributed by atoms with Crippen molar-refractivity contribution >= 4 is 28.8 Å². The maximum atomic E-state index is 16.5. The molecule has 1 saturated heterocycles. The van der Waals surface area contributed by atoms with Gasteiger partial charge in [-0.15, -0.1) is 0 Å². The van der Waals surface area contributed by atoms with E-state index in [2.05, 4.69) is 15.3 Å². The first-order chi connectivity index (χ1) is 22.0. The molecule has 0 radical (unpaired) electrons. The summed E-state index contributed by atoms with van der Waals surface area (Å²) in [5, 5.41) is 2.84. The lowest BCUT2D eigenvalue weighted by Gasteiger charge is -2.37. The zero-order valence-corrected chi connectivity index (χ0v) is 28.3. The lowest BCUT2D eigenvalue weighted by Crippen LogP contribution is -2.58. The topological polar surface area (TPSA) is 120 Å². The van der Waals surface area contributed by atoms with Gasteiger partial charge >= 0.3 is 6.09 Å². The Morgan fingerprint density at radius 1 is 1.13 bits per heavy atom. The van der Waals surface area contributed by atoms with E-state index in [1.54, 1.807) is 25.1 Å². The first kappa shape index (κ1) is 33.3. The number of alkyl halides is 2. The van der Waals surface area contributed by atoms with Gasteiger partial charge in [-0.2, -0.15) is 8.78 Å². The Hall–Kier alpha value is -3.57. The highest BCUT2D eigenvalue weighted by atomic mass is 19.3. The molecule has 6 rings (SSSR count). The summed E-state index contributed by atoms with van der Waals surface area (Å²) in [6, 6.07) is 2.93. The number of carbonyl (C=O) groups excluding carboxylic acids is 3. The van der Waals surface area contributed by atoms with Crippen molar-refractivity contribution in [1.29, 1.82) is 0 Å². The molecule has 2 aromatic rings. The second-order valence-corrected chi connectivity index (χ2v) is 15.3. The molecular formula is C35H46F2N4O6. The lowest BCUT2D eigenvalue weighted by molar-refractivity contribution is -0.141. The highest BCUT2D eigenvalue weighted by Crippen LogP contribution is 2.58. The normalized spacial score (nSPS) is 34.1. The molecule has 10 nitrogen and oxygen atoms in total. The van der Waals surface area contributed by atoms with Gasteiger partial charge in [0.05, 0.1) is 30.7 Å².